The van der Waals surface area contributed by atoms with E-state index in [9.17, 15) is 0 Å². The fourth-order valence-corrected chi connectivity index (χ4v) is 1.68. The molecule has 0 saturated carbocycles. The zero-order valence-electron chi connectivity index (χ0n) is 10.2. The Kier molecular flexibility index (Phi) is 5.77. The summed E-state index contributed by atoms with van der Waals surface area (Å²) in [5.74, 6) is 1.02. The van der Waals surface area contributed by atoms with Crippen molar-refractivity contribution in [1.29, 1.82) is 0 Å². The quantitative estimate of drug-likeness (QED) is 0.752. The summed E-state index contributed by atoms with van der Waals surface area (Å²) in [5, 5.41) is 0. The summed E-state index contributed by atoms with van der Waals surface area (Å²) >= 11 is 3.46. The number of hydrogen-bond donors (Lipinski definition) is 0. The predicted molar refractivity (Wildman–Crippen MR) is 71.1 cm³/mol. The average molecular weight is 287 g/mol. The number of aromatic nitrogens is 1. The zero-order chi connectivity index (χ0) is 12.0. The Bertz CT molecular complexity index is 331. The van der Waals surface area contributed by atoms with Gasteiger partial charge in [0, 0.05) is 24.2 Å². The monoisotopic (exact) mass is 286 g/mol. The maximum atomic E-state index is 5.36. The summed E-state index contributed by atoms with van der Waals surface area (Å²) in [6.45, 7) is 9.50. The smallest absolute Gasteiger partial charge is 0.128 e. The summed E-state index contributed by atoms with van der Waals surface area (Å²) in [5.41, 5.74) is 1.02. The minimum atomic E-state index is 0.751. The Balaban J connectivity index is 2.67. The molecule has 0 aliphatic heterocycles. The van der Waals surface area contributed by atoms with Crippen LogP contribution in [0.2, 0.25) is 0 Å². The minimum absolute atomic E-state index is 0.751. The van der Waals surface area contributed by atoms with Crippen LogP contribution in [0, 0.1) is 6.92 Å². The van der Waals surface area contributed by atoms with Crippen LogP contribution in [0.15, 0.2) is 16.6 Å². The molecule has 0 N–H and O–H groups in total. The van der Waals surface area contributed by atoms with Crippen LogP contribution in [0.1, 0.15) is 19.5 Å². The molecular formula is C12H19BrN2O. The second-order valence-corrected chi connectivity index (χ2v) is 4.37. The molecule has 0 aliphatic carbocycles. The van der Waals surface area contributed by atoms with Crippen molar-refractivity contribution in [1.82, 2.24) is 4.98 Å². The number of halogens is 1. The van der Waals surface area contributed by atoms with Crippen LogP contribution < -0.4 is 4.90 Å². The molecule has 0 saturated heterocycles. The Labute approximate surface area is 106 Å². The second kappa shape index (κ2) is 6.86. The first-order chi connectivity index (χ1) is 7.69. The third-order valence-corrected chi connectivity index (χ3v) is 3.26. The second-order valence-electron chi connectivity index (χ2n) is 3.51. The van der Waals surface area contributed by atoms with Gasteiger partial charge in [0.05, 0.1) is 12.3 Å². The van der Waals surface area contributed by atoms with Crippen LogP contribution in [0.3, 0.4) is 0 Å². The molecule has 0 aliphatic rings. The van der Waals surface area contributed by atoms with Crippen LogP contribution in [0.5, 0.6) is 0 Å². The number of pyridine rings is 1. The lowest BCUT2D eigenvalue weighted by Crippen LogP contribution is -2.28. The van der Waals surface area contributed by atoms with Gasteiger partial charge in [0.1, 0.15) is 5.82 Å². The van der Waals surface area contributed by atoms with E-state index in [1.807, 2.05) is 26.0 Å². The van der Waals surface area contributed by atoms with E-state index < -0.39 is 0 Å². The molecule has 0 bridgehead atoms. The van der Waals surface area contributed by atoms with E-state index in [1.165, 1.54) is 0 Å². The van der Waals surface area contributed by atoms with E-state index in [1.54, 1.807) is 0 Å². The van der Waals surface area contributed by atoms with Gasteiger partial charge in [-0.05, 0) is 48.8 Å². The molecule has 1 rings (SSSR count). The molecule has 3 nitrogen and oxygen atoms in total. The maximum absolute atomic E-state index is 5.36. The van der Waals surface area contributed by atoms with Gasteiger partial charge in [0.15, 0.2) is 0 Å². The van der Waals surface area contributed by atoms with Gasteiger partial charge in [-0.2, -0.15) is 0 Å². The molecular weight excluding hydrogens is 268 g/mol. The molecule has 0 atom stereocenters. The Morgan fingerprint density at radius 3 is 2.69 bits per heavy atom. The SMILES string of the molecule is CCOCCN(CC)c1ccc(Br)c(C)n1. The van der Waals surface area contributed by atoms with E-state index in [0.717, 1.165) is 42.3 Å². The number of ether oxygens (including phenoxy) is 1. The Hall–Kier alpha value is -0.610. The van der Waals surface area contributed by atoms with Gasteiger partial charge in [-0.3, -0.25) is 0 Å². The molecule has 1 aromatic heterocycles. The summed E-state index contributed by atoms with van der Waals surface area (Å²) in [4.78, 5) is 6.76. The number of likely N-dealkylation sites (N-methyl/N-ethyl adjacent to an activating group) is 1. The van der Waals surface area contributed by atoms with Crippen LogP contribution in [-0.4, -0.2) is 31.3 Å². The van der Waals surface area contributed by atoms with Crippen molar-refractivity contribution in [2.45, 2.75) is 20.8 Å². The molecule has 90 valence electrons. The van der Waals surface area contributed by atoms with E-state index >= 15 is 0 Å². The molecule has 0 aromatic carbocycles. The number of hydrogen-bond acceptors (Lipinski definition) is 3. The number of anilines is 1. The maximum Gasteiger partial charge on any atom is 0.128 e. The lowest BCUT2D eigenvalue weighted by molar-refractivity contribution is 0.154. The molecule has 0 radical (unpaired) electrons. The molecule has 0 spiro atoms. The van der Waals surface area contributed by atoms with E-state index in [-0.39, 0.29) is 0 Å². The van der Waals surface area contributed by atoms with Crippen LogP contribution in [0.4, 0.5) is 5.82 Å². The van der Waals surface area contributed by atoms with Crippen molar-refractivity contribution < 1.29 is 4.74 Å². The minimum Gasteiger partial charge on any atom is -0.380 e. The molecule has 1 heterocycles. The van der Waals surface area contributed by atoms with E-state index in [2.05, 4.69) is 32.7 Å². The standard InChI is InChI=1S/C12H19BrN2O/c1-4-15(8-9-16-5-2)12-7-6-11(13)10(3)14-12/h6-7H,4-5,8-9H2,1-3H3. The van der Waals surface area contributed by atoms with Crippen LogP contribution in [0.25, 0.3) is 0 Å². The van der Waals surface area contributed by atoms with Gasteiger partial charge in [-0.25, -0.2) is 4.98 Å². The largest absolute Gasteiger partial charge is 0.380 e. The first kappa shape index (κ1) is 13.5. The lowest BCUT2D eigenvalue weighted by Gasteiger charge is -2.22. The van der Waals surface area contributed by atoms with Gasteiger partial charge >= 0.3 is 0 Å². The highest BCUT2D eigenvalue weighted by atomic mass is 79.9. The fourth-order valence-electron chi connectivity index (χ4n) is 1.46. The van der Waals surface area contributed by atoms with E-state index in [0.29, 0.717) is 0 Å². The molecule has 16 heavy (non-hydrogen) atoms. The summed E-state index contributed by atoms with van der Waals surface area (Å²) in [6.07, 6.45) is 0. The normalized spacial score (nSPS) is 10.5. The van der Waals surface area contributed by atoms with E-state index in [4.69, 9.17) is 4.74 Å². The topological polar surface area (TPSA) is 25.4 Å². The van der Waals surface area contributed by atoms with Crippen LogP contribution >= 0.6 is 15.9 Å². The van der Waals surface area contributed by atoms with Gasteiger partial charge in [0.2, 0.25) is 0 Å². The van der Waals surface area contributed by atoms with Gasteiger partial charge in [-0.15, -0.1) is 0 Å². The fraction of sp³-hybridized carbons (Fsp3) is 0.583. The first-order valence-corrected chi connectivity index (χ1v) is 6.44. The van der Waals surface area contributed by atoms with Gasteiger partial charge in [-0.1, -0.05) is 0 Å². The highest BCUT2D eigenvalue weighted by molar-refractivity contribution is 9.10. The number of rotatable bonds is 6. The third kappa shape index (κ3) is 3.76. The van der Waals surface area contributed by atoms with Crippen molar-refractivity contribution >= 4 is 21.7 Å². The number of nitrogens with zero attached hydrogens (tertiary/aromatic N) is 2. The molecule has 4 heteroatoms. The van der Waals surface area contributed by atoms with Crippen molar-refractivity contribution in [3.63, 3.8) is 0 Å². The molecule has 0 unspecified atom stereocenters. The van der Waals surface area contributed by atoms with Gasteiger partial charge < -0.3 is 9.64 Å². The first-order valence-electron chi connectivity index (χ1n) is 5.64. The highest BCUT2D eigenvalue weighted by Gasteiger charge is 2.06. The van der Waals surface area contributed by atoms with Gasteiger partial charge in [0.25, 0.3) is 0 Å². The molecule has 0 fully saturated rings. The summed E-state index contributed by atoms with van der Waals surface area (Å²) in [7, 11) is 0. The molecule has 1 aromatic rings. The predicted octanol–water partition coefficient (Wildman–Crippen LogP) is 3.02. The number of aryl methyl sites for hydroxylation is 1. The Morgan fingerprint density at radius 1 is 1.38 bits per heavy atom. The average Bonchev–Trinajstić information content (AvgIpc) is 2.29. The van der Waals surface area contributed by atoms with Crippen LogP contribution in [-0.2, 0) is 4.74 Å². The zero-order valence-corrected chi connectivity index (χ0v) is 11.7. The van der Waals surface area contributed by atoms with Crippen molar-refractivity contribution in [2.24, 2.45) is 0 Å². The highest BCUT2D eigenvalue weighted by Crippen LogP contribution is 2.18. The van der Waals surface area contributed by atoms with Crippen molar-refractivity contribution in [3.05, 3.63) is 22.3 Å². The third-order valence-electron chi connectivity index (χ3n) is 2.42. The summed E-state index contributed by atoms with van der Waals surface area (Å²) in [6, 6.07) is 4.08. The summed E-state index contributed by atoms with van der Waals surface area (Å²) < 4.78 is 6.42. The Morgan fingerprint density at radius 2 is 2.12 bits per heavy atom. The lowest BCUT2D eigenvalue weighted by atomic mass is 10.3. The van der Waals surface area contributed by atoms with Crippen molar-refractivity contribution in [3.8, 4) is 0 Å². The van der Waals surface area contributed by atoms with Crippen molar-refractivity contribution in [2.75, 3.05) is 31.2 Å². The molecule has 0 amide bonds.